The molecular weight excluding hydrogens is 310 g/mol. The maximum atomic E-state index is 12.8. The Bertz CT molecular complexity index is 681. The molecule has 2 amide bonds. The Morgan fingerprint density at radius 3 is 2.04 bits per heavy atom. The van der Waals surface area contributed by atoms with Crippen LogP contribution in [0.15, 0.2) is 30.5 Å². The number of carbonyl (C=O) groups excluding carboxylic acids is 3. The molecule has 0 aromatic heterocycles. The first-order valence-corrected chi connectivity index (χ1v) is 7.77. The van der Waals surface area contributed by atoms with Gasteiger partial charge in [0.15, 0.2) is 5.78 Å². The van der Waals surface area contributed by atoms with E-state index in [1.165, 1.54) is 38.6 Å². The zero-order valence-corrected chi connectivity index (χ0v) is 14.3. The van der Waals surface area contributed by atoms with Gasteiger partial charge in [-0.25, -0.2) is 0 Å². The monoisotopic (exact) mass is 331 g/mol. The lowest BCUT2D eigenvalue weighted by molar-refractivity contribution is -0.146. The third-order valence-corrected chi connectivity index (χ3v) is 4.50. The molecule has 1 aromatic rings. The van der Waals surface area contributed by atoms with Gasteiger partial charge in [0.2, 0.25) is 5.91 Å². The van der Waals surface area contributed by atoms with E-state index in [1.807, 2.05) is 0 Å². The molecule has 2 rings (SSSR count). The summed E-state index contributed by atoms with van der Waals surface area (Å²) >= 11 is 0. The molecule has 1 aliphatic heterocycles. The van der Waals surface area contributed by atoms with E-state index < -0.39 is 17.2 Å². The molecule has 1 aromatic carbocycles. The maximum absolute atomic E-state index is 12.8. The van der Waals surface area contributed by atoms with Gasteiger partial charge >= 0.3 is 0 Å². The molecular formula is C18H21NO5. The quantitative estimate of drug-likeness (QED) is 0.612. The standard InChI is InChI=1S/C18H21NO5/c1-5-18(6-2)15(20)7-8-19(17(18)22)16(21)12-9-13(23-3)11-14(10-12)24-4/h7-11H,5-6H2,1-4H3. The molecule has 0 aliphatic carbocycles. The van der Waals surface area contributed by atoms with Crippen molar-refractivity contribution in [2.24, 2.45) is 5.41 Å². The first-order chi connectivity index (χ1) is 11.4. The van der Waals surface area contributed by atoms with Crippen molar-refractivity contribution < 1.29 is 23.9 Å². The third-order valence-electron chi connectivity index (χ3n) is 4.50. The number of hydrogen-bond acceptors (Lipinski definition) is 5. The SMILES string of the molecule is CCC1(CC)C(=O)C=CN(C(=O)c2cc(OC)cc(OC)c2)C1=O. The fourth-order valence-corrected chi connectivity index (χ4v) is 2.84. The zero-order chi connectivity index (χ0) is 17.9. The molecule has 0 fully saturated rings. The summed E-state index contributed by atoms with van der Waals surface area (Å²) in [5.41, 5.74) is -0.924. The highest BCUT2D eigenvalue weighted by Crippen LogP contribution is 2.35. The average molecular weight is 331 g/mol. The topological polar surface area (TPSA) is 72.9 Å². The van der Waals surface area contributed by atoms with Crippen molar-refractivity contribution in [3.63, 3.8) is 0 Å². The van der Waals surface area contributed by atoms with Gasteiger partial charge in [-0.2, -0.15) is 0 Å². The van der Waals surface area contributed by atoms with Crippen LogP contribution >= 0.6 is 0 Å². The van der Waals surface area contributed by atoms with Crippen molar-refractivity contribution >= 4 is 17.6 Å². The molecule has 0 spiro atoms. The summed E-state index contributed by atoms with van der Waals surface area (Å²) in [7, 11) is 2.96. The van der Waals surface area contributed by atoms with Crippen molar-refractivity contribution in [3.8, 4) is 11.5 Å². The first-order valence-electron chi connectivity index (χ1n) is 7.77. The highest BCUT2D eigenvalue weighted by atomic mass is 16.5. The van der Waals surface area contributed by atoms with E-state index in [4.69, 9.17) is 9.47 Å². The van der Waals surface area contributed by atoms with Crippen LogP contribution in [0.25, 0.3) is 0 Å². The molecule has 0 atom stereocenters. The van der Waals surface area contributed by atoms with Crippen molar-refractivity contribution in [1.82, 2.24) is 4.90 Å². The number of nitrogens with zero attached hydrogens (tertiary/aromatic N) is 1. The van der Waals surface area contributed by atoms with Crippen LogP contribution in [0.4, 0.5) is 0 Å². The van der Waals surface area contributed by atoms with Gasteiger partial charge in [0.1, 0.15) is 16.9 Å². The summed E-state index contributed by atoms with van der Waals surface area (Å²) in [5, 5.41) is 0. The van der Waals surface area contributed by atoms with E-state index >= 15 is 0 Å². The van der Waals surface area contributed by atoms with Crippen molar-refractivity contribution in [3.05, 3.63) is 36.0 Å². The van der Waals surface area contributed by atoms with Crippen LogP contribution in [0.3, 0.4) is 0 Å². The lowest BCUT2D eigenvalue weighted by Crippen LogP contribution is -2.50. The van der Waals surface area contributed by atoms with Crippen LogP contribution < -0.4 is 9.47 Å². The second-order valence-electron chi connectivity index (χ2n) is 5.55. The van der Waals surface area contributed by atoms with Crippen molar-refractivity contribution in [2.75, 3.05) is 14.2 Å². The summed E-state index contributed by atoms with van der Waals surface area (Å²) in [6.07, 6.45) is 3.22. The van der Waals surface area contributed by atoms with Crippen LogP contribution in [0.1, 0.15) is 37.0 Å². The summed E-state index contributed by atoms with van der Waals surface area (Å²) in [6, 6.07) is 4.69. The molecule has 1 heterocycles. The van der Waals surface area contributed by atoms with Gasteiger partial charge in [-0.3, -0.25) is 19.3 Å². The van der Waals surface area contributed by atoms with Crippen molar-refractivity contribution in [1.29, 1.82) is 0 Å². The minimum atomic E-state index is -1.17. The number of carbonyl (C=O) groups is 3. The molecule has 0 bridgehead atoms. The molecule has 24 heavy (non-hydrogen) atoms. The van der Waals surface area contributed by atoms with E-state index in [0.29, 0.717) is 24.3 Å². The second kappa shape index (κ2) is 6.86. The average Bonchev–Trinajstić information content (AvgIpc) is 2.62. The van der Waals surface area contributed by atoms with Gasteiger partial charge in [-0.1, -0.05) is 13.8 Å². The highest BCUT2D eigenvalue weighted by Gasteiger charge is 2.47. The molecule has 0 unspecified atom stereocenters. The molecule has 6 nitrogen and oxygen atoms in total. The lowest BCUT2D eigenvalue weighted by atomic mass is 9.75. The van der Waals surface area contributed by atoms with Gasteiger partial charge in [0.05, 0.1) is 14.2 Å². The number of allylic oxidation sites excluding steroid dienone is 1. The van der Waals surface area contributed by atoms with Crippen LogP contribution in [-0.4, -0.2) is 36.7 Å². The molecule has 1 aliphatic rings. The summed E-state index contributed by atoms with van der Waals surface area (Å²) in [6.45, 7) is 3.55. The largest absolute Gasteiger partial charge is 0.497 e. The first kappa shape index (κ1) is 17.7. The number of ether oxygens (including phenoxy) is 2. The Kier molecular flexibility index (Phi) is 5.07. The molecule has 0 saturated heterocycles. The number of imide groups is 1. The highest BCUT2D eigenvalue weighted by molar-refractivity contribution is 6.19. The Labute approximate surface area is 141 Å². The van der Waals surface area contributed by atoms with Gasteiger partial charge in [0, 0.05) is 17.8 Å². The molecule has 128 valence electrons. The molecule has 0 radical (unpaired) electrons. The van der Waals surface area contributed by atoms with Crippen LogP contribution in [0, 0.1) is 5.41 Å². The van der Waals surface area contributed by atoms with Crippen LogP contribution in [-0.2, 0) is 9.59 Å². The van der Waals surface area contributed by atoms with E-state index in [-0.39, 0.29) is 11.3 Å². The molecule has 0 saturated carbocycles. The summed E-state index contributed by atoms with van der Waals surface area (Å²) in [5.74, 6) is -0.386. The van der Waals surface area contributed by atoms with Gasteiger partial charge in [-0.05, 0) is 31.1 Å². The summed E-state index contributed by atoms with van der Waals surface area (Å²) < 4.78 is 10.3. The predicted octanol–water partition coefficient (Wildman–Crippen LogP) is 2.58. The smallest absolute Gasteiger partial charge is 0.264 e. The number of rotatable bonds is 5. The van der Waals surface area contributed by atoms with Gasteiger partial charge < -0.3 is 9.47 Å². The number of benzene rings is 1. The Hall–Kier alpha value is -2.63. The number of methoxy groups -OCH3 is 2. The van der Waals surface area contributed by atoms with Crippen LogP contribution in [0.5, 0.6) is 11.5 Å². The van der Waals surface area contributed by atoms with Gasteiger partial charge in [0.25, 0.3) is 5.91 Å². The van der Waals surface area contributed by atoms with Crippen molar-refractivity contribution in [2.45, 2.75) is 26.7 Å². The van der Waals surface area contributed by atoms with E-state index in [9.17, 15) is 14.4 Å². The van der Waals surface area contributed by atoms with E-state index in [1.54, 1.807) is 19.9 Å². The minimum absolute atomic E-state index is 0.250. The lowest BCUT2D eigenvalue weighted by Gasteiger charge is -2.34. The fraction of sp³-hybridized carbons (Fsp3) is 0.389. The predicted molar refractivity (Wildman–Crippen MR) is 87.9 cm³/mol. The molecule has 6 heteroatoms. The number of hydrogen-bond donors (Lipinski definition) is 0. The zero-order valence-electron chi connectivity index (χ0n) is 14.3. The Morgan fingerprint density at radius 2 is 1.58 bits per heavy atom. The van der Waals surface area contributed by atoms with E-state index in [0.717, 1.165) is 4.90 Å². The Balaban J connectivity index is 2.45. The van der Waals surface area contributed by atoms with Gasteiger partial charge in [-0.15, -0.1) is 0 Å². The molecule has 0 N–H and O–H groups in total. The fourth-order valence-electron chi connectivity index (χ4n) is 2.84. The second-order valence-corrected chi connectivity index (χ2v) is 5.55. The number of ketones is 1. The number of amides is 2. The Morgan fingerprint density at radius 1 is 1.04 bits per heavy atom. The third kappa shape index (κ3) is 2.79. The van der Waals surface area contributed by atoms with E-state index in [2.05, 4.69) is 0 Å². The maximum Gasteiger partial charge on any atom is 0.264 e. The summed E-state index contributed by atoms with van der Waals surface area (Å²) in [4.78, 5) is 38.8. The van der Waals surface area contributed by atoms with Crippen LogP contribution in [0.2, 0.25) is 0 Å². The normalized spacial score (nSPS) is 16.2. The minimum Gasteiger partial charge on any atom is -0.497 e.